The Bertz CT molecular complexity index is 624. The van der Waals surface area contributed by atoms with Crippen LogP contribution in [0.3, 0.4) is 0 Å². The molecule has 1 aliphatic heterocycles. The number of carbonyl (C=O) groups excluding carboxylic acids is 1. The summed E-state index contributed by atoms with van der Waals surface area (Å²) in [4.78, 5) is 12.5. The second-order valence-corrected chi connectivity index (χ2v) is 8.91. The first kappa shape index (κ1) is 19.3. The Morgan fingerprint density at radius 1 is 1.32 bits per heavy atom. The summed E-state index contributed by atoms with van der Waals surface area (Å²) < 4.78 is 22.9. The molecule has 0 aliphatic carbocycles. The van der Waals surface area contributed by atoms with Gasteiger partial charge < -0.3 is 5.32 Å². The Balaban J connectivity index is 0.00000242. The molecule has 10 heteroatoms. The molecule has 126 valence electrons. The van der Waals surface area contributed by atoms with Crippen LogP contribution in [0, 0.1) is 0 Å². The number of halogens is 1. The molecule has 22 heavy (non-hydrogen) atoms. The second-order valence-electron chi connectivity index (χ2n) is 5.57. The van der Waals surface area contributed by atoms with Gasteiger partial charge in [0.25, 0.3) is 0 Å². The van der Waals surface area contributed by atoms with Crippen molar-refractivity contribution in [3.05, 3.63) is 5.01 Å². The van der Waals surface area contributed by atoms with Crippen molar-refractivity contribution in [2.45, 2.75) is 37.4 Å². The zero-order valence-electron chi connectivity index (χ0n) is 12.7. The third-order valence-electron chi connectivity index (χ3n) is 3.69. The van der Waals surface area contributed by atoms with Gasteiger partial charge in [0.05, 0.1) is 0 Å². The number of aromatic nitrogens is 2. The minimum Gasteiger partial charge on any atom is -0.317 e. The minimum atomic E-state index is -3.51. The molecule has 0 radical (unpaired) electrons. The Hall–Kier alpha value is -0.770. The van der Waals surface area contributed by atoms with Gasteiger partial charge in [-0.1, -0.05) is 25.2 Å². The third kappa shape index (κ3) is 3.76. The molecule has 1 fully saturated rings. The number of nitrogens with one attached hydrogen (secondary N) is 2. The van der Waals surface area contributed by atoms with Gasteiger partial charge in [-0.15, -0.1) is 22.6 Å². The van der Waals surface area contributed by atoms with Crippen molar-refractivity contribution in [1.29, 1.82) is 0 Å². The van der Waals surface area contributed by atoms with Gasteiger partial charge in [0.1, 0.15) is 5.01 Å². The van der Waals surface area contributed by atoms with Gasteiger partial charge in [0, 0.05) is 12.2 Å². The van der Waals surface area contributed by atoms with Gasteiger partial charge in [0.2, 0.25) is 11.0 Å². The molecular weight excluding hydrogens is 348 g/mol. The molecule has 0 bridgehead atoms. The predicted octanol–water partition coefficient (Wildman–Crippen LogP) is 1.19. The van der Waals surface area contributed by atoms with E-state index in [1.807, 2.05) is 13.8 Å². The quantitative estimate of drug-likeness (QED) is 0.827. The first-order valence-corrected chi connectivity index (χ1v) is 9.52. The molecule has 1 amide bonds. The van der Waals surface area contributed by atoms with Crippen LogP contribution in [-0.4, -0.2) is 48.6 Å². The highest BCUT2D eigenvalue weighted by atomic mass is 35.5. The van der Waals surface area contributed by atoms with Gasteiger partial charge in [-0.2, -0.15) is 0 Å². The molecule has 2 rings (SSSR count). The molecule has 2 heterocycles. The van der Waals surface area contributed by atoms with Crippen LogP contribution in [-0.2, 0) is 14.6 Å². The van der Waals surface area contributed by atoms with Gasteiger partial charge in [-0.05, 0) is 25.9 Å². The fourth-order valence-corrected chi connectivity index (χ4v) is 4.40. The van der Waals surface area contributed by atoms with E-state index in [-0.39, 0.29) is 31.2 Å². The molecule has 7 nitrogen and oxygen atoms in total. The van der Waals surface area contributed by atoms with Crippen molar-refractivity contribution < 1.29 is 13.2 Å². The predicted molar refractivity (Wildman–Crippen MR) is 89.6 cm³/mol. The van der Waals surface area contributed by atoms with E-state index in [2.05, 4.69) is 20.8 Å². The molecule has 1 aliphatic rings. The number of hydrogen-bond acceptors (Lipinski definition) is 7. The Kier molecular flexibility index (Phi) is 6.31. The molecule has 0 aromatic carbocycles. The minimum absolute atomic E-state index is 0. The lowest BCUT2D eigenvalue weighted by molar-refractivity contribution is -0.119. The normalized spacial score (nSPS) is 17.8. The first-order chi connectivity index (χ1) is 9.76. The summed E-state index contributed by atoms with van der Waals surface area (Å²) in [5.74, 6) is -0.283. The largest absolute Gasteiger partial charge is 0.317 e. The lowest BCUT2D eigenvalue weighted by Crippen LogP contribution is -2.55. The van der Waals surface area contributed by atoms with Crippen LogP contribution in [0.15, 0.2) is 0 Å². The number of nitrogens with zero attached hydrogens (tertiary/aromatic N) is 2. The Morgan fingerprint density at radius 3 is 2.36 bits per heavy atom. The van der Waals surface area contributed by atoms with Crippen LogP contribution >= 0.6 is 23.7 Å². The van der Waals surface area contributed by atoms with Crippen LogP contribution in [0.5, 0.6) is 0 Å². The average molecular weight is 369 g/mol. The van der Waals surface area contributed by atoms with E-state index >= 15 is 0 Å². The fraction of sp³-hybridized carbons (Fsp3) is 0.750. The van der Waals surface area contributed by atoms with E-state index in [1.54, 1.807) is 0 Å². The molecule has 1 saturated heterocycles. The summed E-state index contributed by atoms with van der Waals surface area (Å²) in [5.41, 5.74) is 0. The molecule has 1 aromatic rings. The fourth-order valence-electron chi connectivity index (χ4n) is 2.33. The van der Waals surface area contributed by atoms with Gasteiger partial charge in [-0.3, -0.25) is 10.1 Å². The number of amides is 1. The monoisotopic (exact) mass is 368 g/mol. The van der Waals surface area contributed by atoms with Crippen molar-refractivity contribution in [2.75, 3.05) is 24.7 Å². The van der Waals surface area contributed by atoms with Crippen LogP contribution in [0.4, 0.5) is 5.13 Å². The van der Waals surface area contributed by atoms with Crippen molar-refractivity contribution in [3.63, 3.8) is 0 Å². The van der Waals surface area contributed by atoms with E-state index in [1.165, 1.54) is 11.3 Å². The molecule has 2 N–H and O–H groups in total. The van der Waals surface area contributed by atoms with Crippen molar-refractivity contribution in [2.24, 2.45) is 0 Å². The number of hydrogen-bond donors (Lipinski definition) is 2. The van der Waals surface area contributed by atoms with Gasteiger partial charge in [0.15, 0.2) is 14.6 Å². The molecule has 1 aromatic heterocycles. The second kappa shape index (κ2) is 7.20. The Labute approximate surface area is 140 Å². The number of rotatable bonds is 4. The average Bonchev–Trinajstić information content (AvgIpc) is 2.87. The highest BCUT2D eigenvalue weighted by Crippen LogP contribution is 2.30. The summed E-state index contributed by atoms with van der Waals surface area (Å²) in [6.07, 6.45) is 1.67. The smallest absolute Gasteiger partial charge is 0.247 e. The molecular formula is C12H21ClN4O3S2. The molecule has 0 unspecified atom stereocenters. The summed E-state index contributed by atoms with van der Waals surface area (Å²) >= 11 is 1.28. The van der Waals surface area contributed by atoms with E-state index < -0.39 is 20.5 Å². The summed E-state index contributed by atoms with van der Waals surface area (Å²) in [5, 5.41) is 14.8. The first-order valence-electron chi connectivity index (χ1n) is 6.81. The van der Waals surface area contributed by atoms with Crippen LogP contribution in [0.1, 0.15) is 37.6 Å². The number of carbonyl (C=O) groups is 1. The maximum atomic E-state index is 12.5. The zero-order chi connectivity index (χ0) is 15.7. The maximum Gasteiger partial charge on any atom is 0.247 e. The molecule has 0 spiro atoms. The summed E-state index contributed by atoms with van der Waals surface area (Å²) in [6.45, 7) is 4.98. The van der Waals surface area contributed by atoms with Crippen molar-refractivity contribution >= 4 is 44.6 Å². The van der Waals surface area contributed by atoms with Crippen LogP contribution < -0.4 is 10.6 Å². The van der Waals surface area contributed by atoms with E-state index in [4.69, 9.17) is 0 Å². The lowest BCUT2D eigenvalue weighted by atomic mass is 9.96. The number of anilines is 1. The standard InChI is InChI=1S/C12H20N4O3S2.ClH/c1-8(2)9-15-16-11(20-9)14-10(17)12(21(3,18)19)4-6-13-7-5-12;/h8,13H,4-7H2,1-3H3,(H,14,16,17);1H. The molecule has 0 atom stereocenters. The van der Waals surface area contributed by atoms with E-state index in [9.17, 15) is 13.2 Å². The van der Waals surface area contributed by atoms with E-state index in [0.29, 0.717) is 18.2 Å². The van der Waals surface area contributed by atoms with Crippen molar-refractivity contribution in [1.82, 2.24) is 15.5 Å². The SMILES string of the molecule is CC(C)c1nnc(NC(=O)C2(S(C)(=O)=O)CCNCC2)s1.Cl. The third-order valence-corrected chi connectivity index (χ3v) is 6.84. The zero-order valence-corrected chi connectivity index (χ0v) is 15.2. The molecule has 0 saturated carbocycles. The maximum absolute atomic E-state index is 12.5. The number of piperidine rings is 1. The van der Waals surface area contributed by atoms with Crippen LogP contribution in [0.2, 0.25) is 0 Å². The van der Waals surface area contributed by atoms with Crippen molar-refractivity contribution in [3.8, 4) is 0 Å². The van der Waals surface area contributed by atoms with E-state index in [0.717, 1.165) is 11.3 Å². The summed E-state index contributed by atoms with van der Waals surface area (Å²) in [7, 11) is -3.51. The number of sulfone groups is 1. The van der Waals surface area contributed by atoms with Gasteiger partial charge >= 0.3 is 0 Å². The van der Waals surface area contributed by atoms with Gasteiger partial charge in [-0.25, -0.2) is 8.42 Å². The highest BCUT2D eigenvalue weighted by molar-refractivity contribution is 7.92. The Morgan fingerprint density at radius 2 is 1.91 bits per heavy atom. The topological polar surface area (TPSA) is 101 Å². The highest BCUT2D eigenvalue weighted by Gasteiger charge is 2.48. The lowest BCUT2D eigenvalue weighted by Gasteiger charge is -2.33. The van der Waals surface area contributed by atoms with Crippen LogP contribution in [0.25, 0.3) is 0 Å². The summed E-state index contributed by atoms with van der Waals surface area (Å²) in [6, 6.07) is 0.